The molecule has 1 heterocycles. The largest absolute Gasteiger partial charge is 0.457 e. The molecule has 22 heavy (non-hydrogen) atoms. The van der Waals surface area contributed by atoms with E-state index in [9.17, 15) is 4.79 Å². The van der Waals surface area contributed by atoms with Crippen molar-refractivity contribution in [1.82, 2.24) is 10.2 Å². The van der Waals surface area contributed by atoms with Gasteiger partial charge in [-0.1, -0.05) is 12.5 Å². The van der Waals surface area contributed by atoms with Crippen LogP contribution in [0.25, 0.3) is 11.5 Å². The van der Waals surface area contributed by atoms with E-state index < -0.39 is 5.97 Å². The van der Waals surface area contributed by atoms with Crippen molar-refractivity contribution in [3.05, 3.63) is 36.2 Å². The molecule has 3 rings (SSSR count). The van der Waals surface area contributed by atoms with E-state index in [1.807, 2.05) is 0 Å². The molecule has 1 aromatic heterocycles. The highest BCUT2D eigenvalue weighted by Gasteiger charge is 2.28. The van der Waals surface area contributed by atoms with Gasteiger partial charge >= 0.3 is 5.97 Å². The summed E-state index contributed by atoms with van der Waals surface area (Å²) >= 11 is 0. The van der Waals surface area contributed by atoms with Crippen LogP contribution in [0.15, 0.2) is 35.1 Å². The SMILES string of the molecule is N#C[C@H]1CCCC[C@@H]1OC(=O)c1cccc(-c2nnco2)c1. The summed E-state index contributed by atoms with van der Waals surface area (Å²) in [6, 6.07) is 9.08. The lowest BCUT2D eigenvalue weighted by Gasteiger charge is -2.26. The number of rotatable bonds is 3. The number of esters is 1. The molecule has 112 valence electrons. The Hall–Kier alpha value is -2.68. The molecule has 2 aromatic rings. The first kappa shape index (κ1) is 14.3. The Morgan fingerprint density at radius 3 is 3.00 bits per heavy atom. The number of nitriles is 1. The third-order valence-electron chi connectivity index (χ3n) is 3.83. The van der Waals surface area contributed by atoms with Gasteiger partial charge in [-0.05, 0) is 37.5 Å². The molecule has 6 heteroatoms. The maximum absolute atomic E-state index is 12.3. The van der Waals surface area contributed by atoms with E-state index in [2.05, 4.69) is 16.3 Å². The lowest BCUT2D eigenvalue weighted by atomic mass is 9.87. The number of carbonyl (C=O) groups is 1. The molecule has 1 saturated carbocycles. The van der Waals surface area contributed by atoms with Gasteiger partial charge in [0, 0.05) is 5.56 Å². The van der Waals surface area contributed by atoms with Crippen molar-refractivity contribution in [2.45, 2.75) is 31.8 Å². The second kappa shape index (κ2) is 6.39. The first-order chi connectivity index (χ1) is 10.8. The summed E-state index contributed by atoms with van der Waals surface area (Å²) in [6.07, 6.45) is 4.44. The molecule has 0 N–H and O–H groups in total. The summed E-state index contributed by atoms with van der Waals surface area (Å²) in [5.74, 6) is -0.285. The van der Waals surface area contributed by atoms with E-state index in [1.54, 1.807) is 24.3 Å². The van der Waals surface area contributed by atoms with Crippen molar-refractivity contribution in [3.63, 3.8) is 0 Å². The van der Waals surface area contributed by atoms with Gasteiger partial charge in [-0.15, -0.1) is 10.2 Å². The highest BCUT2D eigenvalue weighted by atomic mass is 16.5. The van der Waals surface area contributed by atoms with E-state index in [0.717, 1.165) is 25.7 Å². The number of aromatic nitrogens is 2. The maximum Gasteiger partial charge on any atom is 0.338 e. The molecule has 0 radical (unpaired) electrons. The standard InChI is InChI=1S/C16H15N3O3/c17-9-13-4-1-2-7-14(13)22-16(20)12-6-3-5-11(8-12)15-19-18-10-21-15/h3,5-6,8,10,13-14H,1-2,4,7H2/t13-,14+/m1/s1. The molecule has 0 unspecified atom stereocenters. The molecule has 1 aliphatic carbocycles. The first-order valence-corrected chi connectivity index (χ1v) is 7.25. The molecule has 0 amide bonds. The molecule has 0 bridgehead atoms. The van der Waals surface area contributed by atoms with Gasteiger partial charge in [0.15, 0.2) is 0 Å². The third-order valence-corrected chi connectivity index (χ3v) is 3.83. The van der Waals surface area contributed by atoms with Crippen molar-refractivity contribution >= 4 is 5.97 Å². The minimum Gasteiger partial charge on any atom is -0.457 e. The zero-order chi connectivity index (χ0) is 15.4. The van der Waals surface area contributed by atoms with Crippen molar-refractivity contribution in [3.8, 4) is 17.5 Å². The van der Waals surface area contributed by atoms with Gasteiger partial charge < -0.3 is 9.15 Å². The molecule has 1 aliphatic rings. The van der Waals surface area contributed by atoms with Crippen LogP contribution in [0.1, 0.15) is 36.0 Å². The van der Waals surface area contributed by atoms with Gasteiger partial charge in [-0.3, -0.25) is 0 Å². The number of nitrogens with zero attached hydrogens (tertiary/aromatic N) is 3. The van der Waals surface area contributed by atoms with E-state index in [4.69, 9.17) is 14.4 Å². The third kappa shape index (κ3) is 2.98. The smallest absolute Gasteiger partial charge is 0.338 e. The Balaban J connectivity index is 1.75. The Morgan fingerprint density at radius 2 is 2.23 bits per heavy atom. The maximum atomic E-state index is 12.3. The van der Waals surface area contributed by atoms with Crippen molar-refractivity contribution < 1.29 is 13.9 Å². The number of benzene rings is 1. The zero-order valence-corrected chi connectivity index (χ0v) is 11.9. The Morgan fingerprint density at radius 1 is 1.36 bits per heavy atom. The van der Waals surface area contributed by atoms with Crippen LogP contribution in [0.3, 0.4) is 0 Å². The summed E-state index contributed by atoms with van der Waals surface area (Å²) in [5, 5.41) is 16.6. The Labute approximate surface area is 127 Å². The Kier molecular flexibility index (Phi) is 4.15. The van der Waals surface area contributed by atoms with Gasteiger partial charge in [0.1, 0.15) is 6.10 Å². The van der Waals surface area contributed by atoms with E-state index in [1.165, 1.54) is 6.39 Å². The van der Waals surface area contributed by atoms with Crippen LogP contribution in [-0.2, 0) is 4.74 Å². The van der Waals surface area contributed by atoms with Gasteiger partial charge in [-0.2, -0.15) is 5.26 Å². The van der Waals surface area contributed by atoms with Crippen LogP contribution in [0.5, 0.6) is 0 Å². The molecular formula is C16H15N3O3. The highest BCUT2D eigenvalue weighted by molar-refractivity contribution is 5.90. The lowest BCUT2D eigenvalue weighted by Crippen LogP contribution is -2.29. The number of ether oxygens (including phenoxy) is 1. The van der Waals surface area contributed by atoms with Gasteiger partial charge in [0.05, 0.1) is 17.6 Å². The predicted molar refractivity (Wildman–Crippen MR) is 76.5 cm³/mol. The number of hydrogen-bond donors (Lipinski definition) is 0. The summed E-state index contributed by atoms with van der Waals surface area (Å²) in [5.41, 5.74) is 1.07. The Bertz CT molecular complexity index is 691. The number of hydrogen-bond acceptors (Lipinski definition) is 6. The molecule has 1 aromatic carbocycles. The molecule has 0 saturated heterocycles. The summed E-state index contributed by atoms with van der Waals surface area (Å²) in [4.78, 5) is 12.3. The second-order valence-corrected chi connectivity index (χ2v) is 5.29. The van der Waals surface area contributed by atoms with E-state index in [0.29, 0.717) is 17.0 Å². The molecule has 2 atom stereocenters. The number of carbonyl (C=O) groups excluding carboxylic acids is 1. The fraction of sp³-hybridized carbons (Fsp3) is 0.375. The van der Waals surface area contributed by atoms with Crippen LogP contribution < -0.4 is 0 Å². The van der Waals surface area contributed by atoms with E-state index >= 15 is 0 Å². The van der Waals surface area contributed by atoms with Gasteiger partial charge in [-0.25, -0.2) is 4.79 Å². The molecule has 0 aliphatic heterocycles. The minimum absolute atomic E-state index is 0.211. The van der Waals surface area contributed by atoms with Crippen LogP contribution in [0, 0.1) is 17.2 Å². The lowest BCUT2D eigenvalue weighted by molar-refractivity contribution is 0.0107. The topological polar surface area (TPSA) is 89.0 Å². The average molecular weight is 297 g/mol. The van der Waals surface area contributed by atoms with Crippen molar-refractivity contribution in [2.24, 2.45) is 5.92 Å². The monoisotopic (exact) mass is 297 g/mol. The molecule has 6 nitrogen and oxygen atoms in total. The van der Waals surface area contributed by atoms with Crippen LogP contribution in [0.4, 0.5) is 0 Å². The van der Waals surface area contributed by atoms with Crippen molar-refractivity contribution in [2.75, 3.05) is 0 Å². The quantitative estimate of drug-likeness (QED) is 0.809. The summed E-state index contributed by atoms with van der Waals surface area (Å²) in [6.45, 7) is 0. The normalized spacial score (nSPS) is 21.0. The summed E-state index contributed by atoms with van der Waals surface area (Å²) < 4.78 is 10.6. The van der Waals surface area contributed by atoms with Crippen LogP contribution in [-0.4, -0.2) is 22.3 Å². The molecular weight excluding hydrogens is 282 g/mol. The van der Waals surface area contributed by atoms with Crippen LogP contribution in [0.2, 0.25) is 0 Å². The fourth-order valence-electron chi connectivity index (χ4n) is 2.67. The average Bonchev–Trinajstić information content (AvgIpc) is 3.10. The van der Waals surface area contributed by atoms with Crippen molar-refractivity contribution in [1.29, 1.82) is 5.26 Å². The van der Waals surface area contributed by atoms with Gasteiger partial charge in [0.25, 0.3) is 0 Å². The zero-order valence-electron chi connectivity index (χ0n) is 11.9. The van der Waals surface area contributed by atoms with Gasteiger partial charge in [0.2, 0.25) is 12.3 Å². The highest BCUT2D eigenvalue weighted by Crippen LogP contribution is 2.27. The minimum atomic E-state index is -0.423. The second-order valence-electron chi connectivity index (χ2n) is 5.29. The summed E-state index contributed by atoms with van der Waals surface area (Å²) in [7, 11) is 0. The molecule has 0 spiro atoms. The fourth-order valence-corrected chi connectivity index (χ4v) is 2.67. The molecule has 1 fully saturated rings. The van der Waals surface area contributed by atoms with Crippen LogP contribution >= 0.6 is 0 Å². The van der Waals surface area contributed by atoms with E-state index in [-0.39, 0.29) is 12.0 Å². The predicted octanol–water partition coefficient (Wildman–Crippen LogP) is 2.98. The first-order valence-electron chi connectivity index (χ1n) is 7.25.